The van der Waals surface area contributed by atoms with Crippen molar-refractivity contribution in [2.75, 3.05) is 0 Å². The fourth-order valence-corrected chi connectivity index (χ4v) is 1.38. The lowest BCUT2D eigenvalue weighted by molar-refractivity contribution is 0.0415. The molecule has 0 aromatic carbocycles. The molecule has 0 amide bonds. The molecule has 0 saturated carbocycles. The summed E-state index contributed by atoms with van der Waals surface area (Å²) in [5, 5.41) is 9.72. The molecule has 0 aliphatic rings. The molecule has 3 nitrogen and oxygen atoms in total. The van der Waals surface area contributed by atoms with Crippen molar-refractivity contribution in [3.05, 3.63) is 22.6 Å². The van der Waals surface area contributed by atoms with Gasteiger partial charge in [-0.15, -0.1) is 0 Å². The summed E-state index contributed by atoms with van der Waals surface area (Å²) in [5.74, 6) is -0.221. The van der Waals surface area contributed by atoms with Gasteiger partial charge in [0.05, 0.1) is 10.7 Å². The number of hydrogen-bond acceptors (Lipinski definition) is 3. The number of hydrogen-bond donors (Lipinski definition) is 1. The number of carbonyl (C=O) groups excluding carboxylic acids is 1. The lowest BCUT2D eigenvalue weighted by Crippen LogP contribution is -2.34. The fraction of sp³-hybridized carbons (Fsp3) is 0.500. The van der Waals surface area contributed by atoms with Crippen LogP contribution >= 0.6 is 15.9 Å². The van der Waals surface area contributed by atoms with Gasteiger partial charge < -0.3 is 9.52 Å². The number of furan rings is 1. The van der Waals surface area contributed by atoms with E-state index in [2.05, 4.69) is 15.9 Å². The molecule has 4 heteroatoms. The quantitative estimate of drug-likeness (QED) is 0.832. The summed E-state index contributed by atoms with van der Waals surface area (Å²) < 4.78 is 5.56. The third kappa shape index (κ3) is 2.25. The van der Waals surface area contributed by atoms with Crippen molar-refractivity contribution in [1.82, 2.24) is 0 Å². The van der Waals surface area contributed by atoms with Crippen LogP contribution in [0, 0.1) is 5.41 Å². The van der Waals surface area contributed by atoms with Crippen LogP contribution in [0.25, 0.3) is 0 Å². The monoisotopic (exact) mass is 260 g/mol. The number of halogens is 1. The minimum atomic E-state index is -1.05. The molecule has 1 rings (SSSR count). The van der Waals surface area contributed by atoms with Gasteiger partial charge in [-0.05, 0) is 27.4 Å². The number of rotatable bonds is 2. The zero-order valence-electron chi connectivity index (χ0n) is 8.37. The SMILES string of the molecule is CC(C)(C)C(O)C(=O)c1occc1Br. The number of aliphatic hydroxyl groups excluding tert-OH is 1. The Bertz CT molecular complexity index is 335. The zero-order chi connectivity index (χ0) is 10.9. The summed E-state index contributed by atoms with van der Waals surface area (Å²) in [5.41, 5.74) is -0.483. The molecule has 1 heterocycles. The van der Waals surface area contributed by atoms with E-state index in [-0.39, 0.29) is 5.76 Å². The van der Waals surface area contributed by atoms with Crippen LogP contribution in [0.3, 0.4) is 0 Å². The standard InChI is InChI=1S/C10H13BrO3/c1-10(2,3)9(13)7(12)8-6(11)4-5-14-8/h4-5,9,13H,1-3H3. The Balaban J connectivity index is 2.92. The summed E-state index contributed by atoms with van der Waals surface area (Å²) in [7, 11) is 0. The number of aliphatic hydroxyl groups is 1. The van der Waals surface area contributed by atoms with Gasteiger partial charge in [0.15, 0.2) is 5.76 Å². The van der Waals surface area contributed by atoms with Gasteiger partial charge in [-0.2, -0.15) is 0 Å². The van der Waals surface area contributed by atoms with Crippen LogP contribution in [0.5, 0.6) is 0 Å². The van der Waals surface area contributed by atoms with Crippen LogP contribution in [0.15, 0.2) is 21.2 Å². The fourth-order valence-electron chi connectivity index (χ4n) is 0.987. The summed E-state index contributed by atoms with van der Waals surface area (Å²) in [4.78, 5) is 11.7. The molecule has 0 aliphatic carbocycles. The van der Waals surface area contributed by atoms with Gasteiger partial charge in [-0.25, -0.2) is 0 Å². The summed E-state index contributed by atoms with van der Waals surface area (Å²) in [6.07, 6.45) is 0.358. The molecule has 1 N–H and O–H groups in total. The van der Waals surface area contributed by atoms with Gasteiger partial charge in [0.2, 0.25) is 5.78 Å². The Morgan fingerprint density at radius 3 is 2.50 bits per heavy atom. The third-order valence-electron chi connectivity index (χ3n) is 1.91. The predicted octanol–water partition coefficient (Wildman–Crippen LogP) is 2.63. The molecular formula is C10H13BrO3. The summed E-state index contributed by atoms with van der Waals surface area (Å²) in [6.45, 7) is 5.39. The molecule has 0 fully saturated rings. The summed E-state index contributed by atoms with van der Waals surface area (Å²) >= 11 is 3.18. The molecule has 0 spiro atoms. The van der Waals surface area contributed by atoms with E-state index in [1.54, 1.807) is 26.8 Å². The Hall–Kier alpha value is -0.610. The first-order chi connectivity index (χ1) is 6.34. The Morgan fingerprint density at radius 1 is 1.57 bits per heavy atom. The van der Waals surface area contributed by atoms with E-state index in [0.29, 0.717) is 4.47 Å². The predicted molar refractivity (Wildman–Crippen MR) is 56.2 cm³/mol. The van der Waals surface area contributed by atoms with Crippen molar-refractivity contribution >= 4 is 21.7 Å². The van der Waals surface area contributed by atoms with Gasteiger partial charge >= 0.3 is 0 Å². The maximum atomic E-state index is 11.7. The topological polar surface area (TPSA) is 50.4 Å². The molecule has 0 radical (unpaired) electrons. The molecule has 14 heavy (non-hydrogen) atoms. The molecular weight excluding hydrogens is 248 g/mol. The van der Waals surface area contributed by atoms with Gasteiger partial charge in [-0.3, -0.25) is 4.79 Å². The van der Waals surface area contributed by atoms with Crippen LogP contribution in [0.4, 0.5) is 0 Å². The molecule has 0 saturated heterocycles. The van der Waals surface area contributed by atoms with Crippen LogP contribution in [0.1, 0.15) is 31.3 Å². The van der Waals surface area contributed by atoms with Crippen molar-refractivity contribution in [1.29, 1.82) is 0 Å². The number of Topliss-reactive ketones (excluding diaryl/α,β-unsaturated/α-hetero) is 1. The van der Waals surface area contributed by atoms with Crippen molar-refractivity contribution in [2.24, 2.45) is 5.41 Å². The van der Waals surface area contributed by atoms with Gasteiger partial charge in [0.25, 0.3) is 0 Å². The maximum Gasteiger partial charge on any atom is 0.228 e. The second-order valence-corrected chi connectivity index (χ2v) is 5.08. The van der Waals surface area contributed by atoms with Crippen LogP contribution in [-0.4, -0.2) is 17.0 Å². The zero-order valence-corrected chi connectivity index (χ0v) is 9.96. The summed E-state index contributed by atoms with van der Waals surface area (Å²) in [6, 6.07) is 1.63. The van der Waals surface area contributed by atoms with Crippen molar-refractivity contribution < 1.29 is 14.3 Å². The Morgan fingerprint density at radius 2 is 2.14 bits per heavy atom. The third-order valence-corrected chi connectivity index (χ3v) is 2.53. The second-order valence-electron chi connectivity index (χ2n) is 4.23. The molecule has 0 bridgehead atoms. The molecule has 0 aliphatic heterocycles. The van der Waals surface area contributed by atoms with Crippen molar-refractivity contribution in [3.8, 4) is 0 Å². The number of carbonyl (C=O) groups is 1. The number of ketones is 1. The lowest BCUT2D eigenvalue weighted by Gasteiger charge is -2.23. The van der Waals surface area contributed by atoms with E-state index in [1.165, 1.54) is 6.26 Å². The van der Waals surface area contributed by atoms with E-state index in [4.69, 9.17) is 4.42 Å². The van der Waals surface area contributed by atoms with Gasteiger partial charge in [0.1, 0.15) is 6.10 Å². The Labute approximate surface area is 91.2 Å². The first-order valence-electron chi connectivity index (χ1n) is 4.29. The molecule has 1 unspecified atom stereocenters. The minimum absolute atomic E-state index is 0.174. The highest BCUT2D eigenvalue weighted by Gasteiger charge is 2.32. The molecule has 78 valence electrons. The van der Waals surface area contributed by atoms with E-state index < -0.39 is 17.3 Å². The molecule has 1 aromatic heterocycles. The highest BCUT2D eigenvalue weighted by molar-refractivity contribution is 9.10. The molecule has 1 atom stereocenters. The Kier molecular flexibility index (Phi) is 3.17. The normalized spacial score (nSPS) is 14.1. The van der Waals surface area contributed by atoms with Crippen molar-refractivity contribution in [3.63, 3.8) is 0 Å². The highest BCUT2D eigenvalue weighted by atomic mass is 79.9. The largest absolute Gasteiger partial charge is 0.460 e. The van der Waals surface area contributed by atoms with E-state index in [9.17, 15) is 9.90 Å². The second kappa shape index (κ2) is 3.87. The highest BCUT2D eigenvalue weighted by Crippen LogP contribution is 2.26. The van der Waals surface area contributed by atoms with E-state index in [1.807, 2.05) is 0 Å². The average molecular weight is 261 g/mol. The van der Waals surface area contributed by atoms with E-state index in [0.717, 1.165) is 0 Å². The lowest BCUT2D eigenvalue weighted by atomic mass is 9.86. The van der Waals surface area contributed by atoms with Gasteiger partial charge in [0, 0.05) is 0 Å². The van der Waals surface area contributed by atoms with Crippen molar-refractivity contribution in [2.45, 2.75) is 26.9 Å². The smallest absolute Gasteiger partial charge is 0.228 e. The van der Waals surface area contributed by atoms with Crippen LogP contribution in [0.2, 0.25) is 0 Å². The maximum absolute atomic E-state index is 11.7. The first kappa shape index (κ1) is 11.5. The van der Waals surface area contributed by atoms with Crippen LogP contribution < -0.4 is 0 Å². The van der Waals surface area contributed by atoms with Crippen LogP contribution in [-0.2, 0) is 0 Å². The van der Waals surface area contributed by atoms with Gasteiger partial charge in [-0.1, -0.05) is 20.8 Å². The van der Waals surface area contributed by atoms with E-state index >= 15 is 0 Å². The molecule has 1 aromatic rings. The minimum Gasteiger partial charge on any atom is -0.460 e. The average Bonchev–Trinajstić information content (AvgIpc) is 2.47. The first-order valence-corrected chi connectivity index (χ1v) is 5.08.